The molecular formula is C18H29N4NaO5S. The van der Waals surface area contributed by atoms with Crippen LogP contribution in [0, 0.1) is 0 Å². The van der Waals surface area contributed by atoms with Gasteiger partial charge >= 0.3 is 35.5 Å². The van der Waals surface area contributed by atoms with Gasteiger partial charge in [0.1, 0.15) is 16.6 Å². The van der Waals surface area contributed by atoms with Crippen molar-refractivity contribution in [3.05, 3.63) is 17.8 Å². The Morgan fingerprint density at radius 2 is 1.83 bits per heavy atom. The molecular weight excluding hydrogens is 407 g/mol. The summed E-state index contributed by atoms with van der Waals surface area (Å²) in [7, 11) is -1.76. The van der Waals surface area contributed by atoms with Crippen molar-refractivity contribution >= 4 is 45.5 Å². The molecule has 11 heteroatoms. The normalized spacial score (nSPS) is 20.2. The fraction of sp³-hybridized carbons (Fsp3) is 0.667. The summed E-state index contributed by atoms with van der Waals surface area (Å²) in [5.74, 6) is -1.26. The number of pyridine rings is 1. The standard InChI is InChI=1S/C18H28N4O5S.Na.H/c1-3-21-8-10-22(11-9-21)28(25,26)15-12-16(18(23)24)17(19-13-15)27-14-4-6-20(2)7-5-14;;/h12-14H,3-11H2,1-2H3,(H,23,24);;. The fourth-order valence-corrected chi connectivity index (χ4v) is 4.91. The van der Waals surface area contributed by atoms with E-state index in [1.807, 2.05) is 14.0 Å². The van der Waals surface area contributed by atoms with Crippen LogP contribution < -0.4 is 4.74 Å². The molecule has 0 spiro atoms. The first kappa shape index (κ1) is 24.5. The van der Waals surface area contributed by atoms with Crippen LogP contribution in [0.25, 0.3) is 0 Å². The Hall–Kier alpha value is -0.750. The van der Waals surface area contributed by atoms with Gasteiger partial charge in [0.2, 0.25) is 15.9 Å². The number of rotatable bonds is 6. The summed E-state index contributed by atoms with van der Waals surface area (Å²) in [4.78, 5) is 20.0. The fourth-order valence-electron chi connectivity index (χ4n) is 3.52. The van der Waals surface area contributed by atoms with Crippen molar-refractivity contribution in [3.8, 4) is 5.88 Å². The van der Waals surface area contributed by atoms with Gasteiger partial charge in [0.25, 0.3) is 0 Å². The van der Waals surface area contributed by atoms with Gasteiger partial charge in [0.05, 0.1) is 6.20 Å². The summed E-state index contributed by atoms with van der Waals surface area (Å²) in [5.41, 5.74) is -0.216. The van der Waals surface area contributed by atoms with Gasteiger partial charge in [-0.15, -0.1) is 0 Å². The van der Waals surface area contributed by atoms with Crippen molar-refractivity contribution in [2.75, 3.05) is 52.9 Å². The predicted molar refractivity (Wildman–Crippen MR) is 110 cm³/mol. The van der Waals surface area contributed by atoms with E-state index in [4.69, 9.17) is 4.74 Å². The summed E-state index contributed by atoms with van der Waals surface area (Å²) in [5, 5.41) is 9.56. The molecule has 2 saturated heterocycles. The molecule has 0 atom stereocenters. The molecule has 0 bridgehead atoms. The first-order chi connectivity index (χ1) is 13.3. The first-order valence-electron chi connectivity index (χ1n) is 9.62. The number of likely N-dealkylation sites (tertiary alicyclic amines) is 1. The van der Waals surface area contributed by atoms with Gasteiger partial charge in [-0.25, -0.2) is 18.2 Å². The summed E-state index contributed by atoms with van der Waals surface area (Å²) < 4.78 is 33.0. The van der Waals surface area contributed by atoms with Crippen LogP contribution in [0.4, 0.5) is 0 Å². The Morgan fingerprint density at radius 3 is 2.38 bits per heavy atom. The number of carboxylic acid groups (broad SMARTS) is 1. The van der Waals surface area contributed by atoms with Gasteiger partial charge in [0, 0.05) is 39.3 Å². The molecule has 9 nitrogen and oxygen atoms in total. The Bertz CT molecular complexity index is 806. The number of ether oxygens (including phenoxy) is 1. The molecule has 1 aromatic rings. The van der Waals surface area contributed by atoms with E-state index in [0.29, 0.717) is 26.2 Å². The van der Waals surface area contributed by atoms with E-state index in [-0.39, 0.29) is 52.0 Å². The van der Waals surface area contributed by atoms with E-state index < -0.39 is 16.0 Å². The van der Waals surface area contributed by atoms with Gasteiger partial charge in [-0.3, -0.25) is 0 Å². The maximum absolute atomic E-state index is 12.9. The van der Waals surface area contributed by atoms with Gasteiger partial charge in [-0.2, -0.15) is 4.31 Å². The number of aromatic carboxylic acids is 1. The molecule has 3 heterocycles. The zero-order valence-corrected chi connectivity index (χ0v) is 17.2. The molecule has 1 aromatic heterocycles. The summed E-state index contributed by atoms with van der Waals surface area (Å²) in [6.45, 7) is 6.72. The zero-order valence-electron chi connectivity index (χ0n) is 16.4. The zero-order chi connectivity index (χ0) is 20.3. The quantitative estimate of drug-likeness (QED) is 0.619. The SMILES string of the molecule is CCN1CCN(S(=O)(=O)c2cnc(OC3CCN(C)CC3)c(C(=O)O)c2)CC1.[NaH]. The number of hydrogen-bond donors (Lipinski definition) is 1. The molecule has 1 N–H and O–H groups in total. The van der Waals surface area contributed by atoms with Crippen LogP contribution in [0.5, 0.6) is 5.88 Å². The second-order valence-corrected chi connectivity index (χ2v) is 9.23. The molecule has 3 rings (SSSR count). The Morgan fingerprint density at radius 1 is 1.21 bits per heavy atom. The van der Waals surface area contributed by atoms with Gasteiger partial charge in [0.15, 0.2) is 0 Å². The van der Waals surface area contributed by atoms with Gasteiger partial charge in [-0.1, -0.05) is 6.92 Å². The van der Waals surface area contributed by atoms with E-state index >= 15 is 0 Å². The van der Waals surface area contributed by atoms with Crippen molar-refractivity contribution in [1.82, 2.24) is 19.1 Å². The number of aromatic nitrogens is 1. The van der Waals surface area contributed by atoms with Crippen molar-refractivity contribution in [2.24, 2.45) is 0 Å². The van der Waals surface area contributed by atoms with Crippen molar-refractivity contribution < 1.29 is 23.1 Å². The number of piperazine rings is 1. The second kappa shape index (κ2) is 10.5. The minimum absolute atomic E-state index is 0. The third-order valence-corrected chi connectivity index (χ3v) is 7.28. The number of hydrogen-bond acceptors (Lipinski definition) is 7. The number of sulfonamides is 1. The van der Waals surface area contributed by atoms with Crippen LogP contribution in [0.3, 0.4) is 0 Å². The number of nitrogens with zero attached hydrogens (tertiary/aromatic N) is 4. The molecule has 0 saturated carbocycles. The van der Waals surface area contributed by atoms with Crippen LogP contribution in [-0.4, -0.2) is 127 Å². The molecule has 0 aromatic carbocycles. The van der Waals surface area contributed by atoms with E-state index in [0.717, 1.165) is 32.5 Å². The summed E-state index contributed by atoms with van der Waals surface area (Å²) in [6, 6.07) is 1.17. The Kier molecular flexibility index (Phi) is 8.89. The molecule has 158 valence electrons. The van der Waals surface area contributed by atoms with E-state index in [9.17, 15) is 18.3 Å². The molecule has 2 aliphatic heterocycles. The average Bonchev–Trinajstić information content (AvgIpc) is 2.69. The van der Waals surface area contributed by atoms with Gasteiger partial charge in [-0.05, 0) is 32.5 Å². The third-order valence-electron chi connectivity index (χ3n) is 5.42. The summed E-state index contributed by atoms with van der Waals surface area (Å²) >= 11 is 0. The van der Waals surface area contributed by atoms with E-state index in [2.05, 4.69) is 14.8 Å². The van der Waals surface area contributed by atoms with Crippen molar-refractivity contribution in [1.29, 1.82) is 0 Å². The van der Waals surface area contributed by atoms with Crippen LogP contribution in [0.15, 0.2) is 17.2 Å². The first-order valence-corrected chi connectivity index (χ1v) is 11.1. The second-order valence-electron chi connectivity index (χ2n) is 7.29. The maximum atomic E-state index is 12.9. The topological polar surface area (TPSA) is 103 Å². The van der Waals surface area contributed by atoms with Crippen LogP contribution in [-0.2, 0) is 10.0 Å². The third kappa shape index (κ3) is 5.90. The number of carboxylic acids is 1. The minimum atomic E-state index is -3.79. The Labute approximate surface area is 194 Å². The number of piperidine rings is 1. The molecule has 2 fully saturated rings. The van der Waals surface area contributed by atoms with Crippen LogP contribution in [0.2, 0.25) is 0 Å². The van der Waals surface area contributed by atoms with Crippen molar-refractivity contribution in [3.63, 3.8) is 0 Å². The monoisotopic (exact) mass is 436 g/mol. The van der Waals surface area contributed by atoms with E-state index in [1.54, 1.807) is 0 Å². The molecule has 2 aliphatic rings. The number of likely N-dealkylation sites (N-methyl/N-ethyl adjacent to an activating group) is 1. The van der Waals surface area contributed by atoms with Crippen molar-refractivity contribution in [2.45, 2.75) is 30.8 Å². The molecule has 0 aliphatic carbocycles. The van der Waals surface area contributed by atoms with Gasteiger partial charge < -0.3 is 19.6 Å². The molecule has 29 heavy (non-hydrogen) atoms. The molecule has 0 radical (unpaired) electrons. The average molecular weight is 437 g/mol. The number of carbonyl (C=O) groups is 1. The molecule has 0 amide bonds. The van der Waals surface area contributed by atoms with E-state index in [1.165, 1.54) is 16.6 Å². The predicted octanol–water partition coefficient (Wildman–Crippen LogP) is -0.0695. The molecule has 0 unspecified atom stereocenters. The Balaban J connectivity index is 0.00000300. The van der Waals surface area contributed by atoms with Crippen LogP contribution >= 0.6 is 0 Å². The summed E-state index contributed by atoms with van der Waals surface area (Å²) in [6.07, 6.45) is 2.64. The van der Waals surface area contributed by atoms with Crippen LogP contribution in [0.1, 0.15) is 30.1 Å².